The number of ether oxygens (including phenoxy) is 2. The molecule has 8 heteroatoms. The van der Waals surface area contributed by atoms with E-state index in [-0.39, 0.29) is 29.7 Å². The van der Waals surface area contributed by atoms with Crippen LogP contribution in [-0.2, 0) is 18.7 Å². The lowest BCUT2D eigenvalue weighted by molar-refractivity contribution is -0.138. The van der Waals surface area contributed by atoms with Crippen molar-refractivity contribution in [2.24, 2.45) is 0 Å². The van der Waals surface area contributed by atoms with Gasteiger partial charge in [0.2, 0.25) is 0 Å². The predicted molar refractivity (Wildman–Crippen MR) is 115 cm³/mol. The highest BCUT2D eigenvalue weighted by molar-refractivity contribution is 6.74. The number of aliphatic hydroxyl groups excluding tert-OH is 1. The Kier molecular flexibility index (Phi) is 8.12. The number of esters is 1. The number of rotatable bonds is 8. The summed E-state index contributed by atoms with van der Waals surface area (Å²) in [5, 5.41) is 10.7. The van der Waals surface area contributed by atoms with Gasteiger partial charge in [-0.3, -0.25) is 4.90 Å². The lowest BCUT2D eigenvalue weighted by atomic mass is 10.1. The summed E-state index contributed by atoms with van der Waals surface area (Å²) in [5.41, 5.74) is -0.464. The van der Waals surface area contributed by atoms with Gasteiger partial charge in [-0.1, -0.05) is 27.4 Å². The van der Waals surface area contributed by atoms with Crippen molar-refractivity contribution in [3.8, 4) is 0 Å². The van der Waals surface area contributed by atoms with Crippen LogP contribution >= 0.6 is 0 Å². The maximum Gasteiger partial charge on any atom is 0.411 e. The molecule has 0 saturated carbocycles. The summed E-state index contributed by atoms with van der Waals surface area (Å²) in [7, 11) is -2.02. The molecule has 0 bridgehead atoms. The van der Waals surface area contributed by atoms with Gasteiger partial charge in [0.15, 0.2) is 8.32 Å². The molecular weight excluding hydrogens is 390 g/mol. The fraction of sp³-hybridized carbons (Fsp3) is 0.810. The Labute approximate surface area is 176 Å². The van der Waals surface area contributed by atoms with Crippen molar-refractivity contribution in [2.45, 2.75) is 96.8 Å². The largest absolute Gasteiger partial charge is 0.463 e. The average molecular weight is 430 g/mol. The van der Waals surface area contributed by atoms with E-state index in [1.807, 2.05) is 0 Å². The zero-order chi connectivity index (χ0) is 22.8. The highest BCUT2D eigenvalue weighted by Crippen LogP contribution is 2.40. The molecule has 0 spiro atoms. The molecule has 0 aromatic rings. The Morgan fingerprint density at radius 2 is 1.72 bits per heavy atom. The SMILES string of the molecule is C=C(C[C@@H](O)[C@@H]1[C@H](CO[Si](C)(C)C(C)(C)C)N1C(=O)OC(C)(C)C)C(=O)OCC. The van der Waals surface area contributed by atoms with Crippen LogP contribution in [0.25, 0.3) is 0 Å². The van der Waals surface area contributed by atoms with Crippen LogP contribution in [0.5, 0.6) is 0 Å². The Morgan fingerprint density at radius 1 is 1.17 bits per heavy atom. The highest BCUT2D eigenvalue weighted by atomic mass is 28.4. The first-order chi connectivity index (χ1) is 13.0. The minimum Gasteiger partial charge on any atom is -0.463 e. The van der Waals surface area contributed by atoms with Crippen molar-refractivity contribution >= 4 is 20.4 Å². The molecule has 1 fully saturated rings. The van der Waals surface area contributed by atoms with E-state index in [9.17, 15) is 14.7 Å². The van der Waals surface area contributed by atoms with Crippen LogP contribution < -0.4 is 0 Å². The summed E-state index contributed by atoms with van der Waals surface area (Å²) < 4.78 is 16.7. The van der Waals surface area contributed by atoms with Crippen LogP contribution in [0.3, 0.4) is 0 Å². The van der Waals surface area contributed by atoms with E-state index >= 15 is 0 Å². The van der Waals surface area contributed by atoms with Gasteiger partial charge in [0.05, 0.1) is 31.4 Å². The molecule has 29 heavy (non-hydrogen) atoms. The first-order valence-corrected chi connectivity index (χ1v) is 13.1. The van der Waals surface area contributed by atoms with Crippen LogP contribution in [0.1, 0.15) is 54.9 Å². The molecule has 3 atom stereocenters. The minimum absolute atomic E-state index is 0.0272. The third kappa shape index (κ3) is 7.11. The summed E-state index contributed by atoms with van der Waals surface area (Å²) in [6.45, 7) is 22.1. The molecule has 1 aliphatic heterocycles. The second-order valence-corrected chi connectivity index (χ2v) is 14.9. The number of hydrogen-bond acceptors (Lipinski definition) is 6. The standard InChI is InChI=1S/C21H39NO6Si/c1-11-26-18(24)14(2)12-16(23)17-15(13-27-29(9,10)21(6,7)8)22(17)19(25)28-20(3,4)5/h15-17,23H,2,11-13H2,1,3-10H3/t15-,16+,17-,22?/m0/s1. The molecule has 1 saturated heterocycles. The molecule has 1 N–H and O–H groups in total. The van der Waals surface area contributed by atoms with Gasteiger partial charge in [0.25, 0.3) is 0 Å². The van der Waals surface area contributed by atoms with Gasteiger partial charge >= 0.3 is 12.1 Å². The lowest BCUT2D eigenvalue weighted by Crippen LogP contribution is -2.42. The number of carbonyl (C=O) groups is 2. The number of carbonyl (C=O) groups excluding carboxylic acids is 2. The smallest absolute Gasteiger partial charge is 0.411 e. The van der Waals surface area contributed by atoms with Crippen molar-refractivity contribution in [2.75, 3.05) is 13.2 Å². The van der Waals surface area contributed by atoms with E-state index in [1.165, 1.54) is 4.90 Å². The third-order valence-corrected chi connectivity index (χ3v) is 9.92. The molecule has 0 radical (unpaired) electrons. The Hall–Kier alpha value is -1.38. The second-order valence-electron chi connectivity index (χ2n) is 10.1. The Bertz CT molecular complexity index is 620. The quantitative estimate of drug-likeness (QED) is 0.273. The molecule has 7 nitrogen and oxygen atoms in total. The molecule has 1 aliphatic rings. The monoisotopic (exact) mass is 429 g/mol. The molecule has 1 heterocycles. The van der Waals surface area contributed by atoms with Gasteiger partial charge in [-0.2, -0.15) is 0 Å². The van der Waals surface area contributed by atoms with Crippen molar-refractivity contribution in [1.82, 2.24) is 4.90 Å². The van der Waals surface area contributed by atoms with Gasteiger partial charge in [0.1, 0.15) is 5.60 Å². The summed E-state index contributed by atoms with van der Waals surface area (Å²) in [4.78, 5) is 25.9. The first kappa shape index (κ1) is 25.7. The maximum atomic E-state index is 12.6. The zero-order valence-corrected chi connectivity index (χ0v) is 20.5. The van der Waals surface area contributed by atoms with Gasteiger partial charge in [-0.25, -0.2) is 9.59 Å². The van der Waals surface area contributed by atoms with Gasteiger partial charge in [-0.15, -0.1) is 0 Å². The minimum atomic E-state index is -2.02. The highest BCUT2D eigenvalue weighted by Gasteiger charge is 2.57. The molecule has 168 valence electrons. The molecule has 0 unspecified atom stereocenters. The van der Waals surface area contributed by atoms with Crippen molar-refractivity contribution in [1.29, 1.82) is 0 Å². The number of nitrogens with zero attached hydrogens (tertiary/aromatic N) is 1. The van der Waals surface area contributed by atoms with Gasteiger partial charge in [-0.05, 0) is 45.8 Å². The van der Waals surface area contributed by atoms with Crippen LogP contribution in [0.4, 0.5) is 4.79 Å². The normalized spacial score (nSPS) is 20.8. The topological polar surface area (TPSA) is 85.1 Å². The van der Waals surface area contributed by atoms with Crippen LogP contribution in [-0.4, -0.2) is 67.4 Å². The first-order valence-electron chi connectivity index (χ1n) is 10.2. The van der Waals surface area contributed by atoms with Crippen LogP contribution in [0.15, 0.2) is 12.2 Å². The van der Waals surface area contributed by atoms with Crippen molar-refractivity contribution in [3.63, 3.8) is 0 Å². The summed E-state index contributed by atoms with van der Waals surface area (Å²) >= 11 is 0. The maximum absolute atomic E-state index is 12.6. The molecule has 0 aliphatic carbocycles. The Morgan fingerprint density at radius 3 is 2.17 bits per heavy atom. The second kappa shape index (κ2) is 9.18. The van der Waals surface area contributed by atoms with Crippen LogP contribution in [0.2, 0.25) is 18.1 Å². The molecule has 0 aromatic carbocycles. The molecule has 1 rings (SSSR count). The summed E-state index contributed by atoms with van der Waals surface area (Å²) in [6, 6.07) is -0.787. The number of amides is 1. The molecular formula is C21H39NO6Si. The van der Waals surface area contributed by atoms with E-state index in [1.54, 1.807) is 27.7 Å². The Balaban J connectivity index is 2.88. The third-order valence-electron chi connectivity index (χ3n) is 5.42. The zero-order valence-electron chi connectivity index (χ0n) is 19.5. The van der Waals surface area contributed by atoms with E-state index in [0.717, 1.165) is 0 Å². The van der Waals surface area contributed by atoms with Crippen molar-refractivity contribution in [3.05, 3.63) is 12.2 Å². The fourth-order valence-electron chi connectivity index (χ4n) is 2.69. The van der Waals surface area contributed by atoms with Gasteiger partial charge in [0, 0.05) is 12.0 Å². The van der Waals surface area contributed by atoms with Crippen molar-refractivity contribution < 1.29 is 28.6 Å². The number of hydrogen-bond donors (Lipinski definition) is 1. The summed E-state index contributed by atoms with van der Waals surface area (Å²) in [5.74, 6) is -0.537. The number of aliphatic hydroxyl groups is 1. The van der Waals surface area contributed by atoms with E-state index in [2.05, 4.69) is 40.4 Å². The van der Waals surface area contributed by atoms with Gasteiger partial charge < -0.3 is 19.0 Å². The van der Waals surface area contributed by atoms with E-state index < -0.39 is 38.1 Å². The lowest BCUT2D eigenvalue weighted by Gasteiger charge is -2.36. The summed E-state index contributed by atoms with van der Waals surface area (Å²) in [6.07, 6.45) is -1.42. The van der Waals surface area contributed by atoms with Crippen LogP contribution in [0, 0.1) is 0 Å². The predicted octanol–water partition coefficient (Wildman–Crippen LogP) is 3.87. The molecule has 1 amide bonds. The van der Waals surface area contributed by atoms with E-state index in [4.69, 9.17) is 13.9 Å². The average Bonchev–Trinajstić information content (AvgIpc) is 3.25. The van der Waals surface area contributed by atoms with E-state index in [0.29, 0.717) is 6.61 Å². The molecule has 0 aromatic heterocycles. The fourth-order valence-corrected chi connectivity index (χ4v) is 3.71.